The number of nitrogens with zero attached hydrogens (tertiary/aromatic N) is 2. The Morgan fingerprint density at radius 3 is 1.64 bits per heavy atom. The molecule has 0 atom stereocenters. The van der Waals surface area contributed by atoms with Crippen molar-refractivity contribution in [2.24, 2.45) is 0 Å². The van der Waals surface area contributed by atoms with Crippen molar-refractivity contribution in [3.63, 3.8) is 0 Å². The van der Waals surface area contributed by atoms with Crippen molar-refractivity contribution in [2.75, 3.05) is 0 Å². The quantitative estimate of drug-likeness (QED) is 0.396. The van der Waals surface area contributed by atoms with Gasteiger partial charge in [-0.05, 0) is 63.4 Å². The van der Waals surface area contributed by atoms with Crippen LogP contribution in [0.3, 0.4) is 0 Å². The van der Waals surface area contributed by atoms with E-state index < -0.39 is 17.4 Å². The molecule has 7 heteroatoms. The van der Waals surface area contributed by atoms with Crippen LogP contribution in [-0.4, -0.2) is 22.2 Å². The molecule has 0 heterocycles. The van der Waals surface area contributed by atoms with Crippen LogP contribution in [0.25, 0.3) is 49.4 Å². The third-order valence-corrected chi connectivity index (χ3v) is 6.22. The molecule has 0 aliphatic carbocycles. The molecule has 0 fully saturated rings. The molecule has 0 spiro atoms. The van der Waals surface area contributed by atoms with E-state index in [-0.39, 0.29) is 21.9 Å². The van der Waals surface area contributed by atoms with Gasteiger partial charge in [0.1, 0.15) is 17.7 Å². The van der Waals surface area contributed by atoms with Crippen molar-refractivity contribution in [2.45, 2.75) is 0 Å². The number of hydrogen-bond acceptors (Lipinski definition) is 5. The molecule has 5 aromatic carbocycles. The number of carbonyl (C=O) groups is 2. The van der Waals surface area contributed by atoms with E-state index in [1.54, 1.807) is 60.7 Å². The van der Waals surface area contributed by atoms with Gasteiger partial charge in [-0.15, -0.1) is 0 Å². The minimum atomic E-state index is -1.09. The number of carboxylic acid groups (broad SMARTS) is 2. The average molecular weight is 470 g/mol. The van der Waals surface area contributed by atoms with Crippen molar-refractivity contribution in [3.8, 4) is 34.4 Å². The minimum Gasteiger partial charge on any atom is -0.478 e. The largest absolute Gasteiger partial charge is 0.478 e. The highest BCUT2D eigenvalue weighted by Crippen LogP contribution is 2.40. The summed E-state index contributed by atoms with van der Waals surface area (Å²) >= 11 is 0. The van der Waals surface area contributed by atoms with Crippen molar-refractivity contribution >= 4 is 39.1 Å². The fourth-order valence-electron chi connectivity index (χ4n) is 4.66. The Labute approximate surface area is 203 Å². The number of nitriles is 2. The fraction of sp³-hybridized carbons (Fsp3) is 0. The van der Waals surface area contributed by atoms with E-state index in [4.69, 9.17) is 0 Å². The molecule has 0 aromatic heterocycles. The van der Waals surface area contributed by atoms with E-state index in [0.717, 1.165) is 0 Å². The predicted molar refractivity (Wildman–Crippen MR) is 134 cm³/mol. The standard InChI is InChI=1S/C29H14N2O5/c30-13-19(14-31)24-22-9-7-20(15-3-1-5-17(11-15)28(33)34)25-21(8-10-23(26(22)25)27(24)32)16-4-2-6-18(12-16)29(35)36/h1-12H,(H,33,34)(H,35,36). The molecule has 0 saturated heterocycles. The van der Waals surface area contributed by atoms with E-state index >= 15 is 0 Å². The Hall–Kier alpha value is -5.53. The lowest BCUT2D eigenvalue weighted by Gasteiger charge is -2.14. The molecule has 36 heavy (non-hydrogen) atoms. The maximum absolute atomic E-state index is 13.3. The molecule has 0 amide bonds. The third kappa shape index (κ3) is 3.32. The maximum Gasteiger partial charge on any atom is 0.335 e. The number of benzene rings is 4. The van der Waals surface area contributed by atoms with Crippen LogP contribution in [0.15, 0.2) is 77.6 Å². The van der Waals surface area contributed by atoms with E-state index in [1.807, 2.05) is 0 Å². The van der Waals surface area contributed by atoms with E-state index in [9.17, 15) is 35.1 Å². The zero-order chi connectivity index (χ0) is 25.6. The van der Waals surface area contributed by atoms with Gasteiger partial charge in [0, 0.05) is 10.8 Å². The monoisotopic (exact) mass is 470 g/mol. The van der Waals surface area contributed by atoms with Gasteiger partial charge in [0.2, 0.25) is 0 Å². The Balaban J connectivity index is 2.01. The molecule has 2 N–H and O–H groups in total. The van der Waals surface area contributed by atoms with Gasteiger partial charge in [-0.1, -0.05) is 42.5 Å². The zero-order valence-electron chi connectivity index (χ0n) is 18.4. The Morgan fingerprint density at radius 1 is 0.667 bits per heavy atom. The normalized spacial score (nSPS) is 10.7. The van der Waals surface area contributed by atoms with Crippen LogP contribution in [0, 0.1) is 22.7 Å². The molecule has 5 rings (SSSR count). The lowest BCUT2D eigenvalue weighted by molar-refractivity contribution is 0.0686. The van der Waals surface area contributed by atoms with E-state index in [0.29, 0.717) is 43.8 Å². The summed E-state index contributed by atoms with van der Waals surface area (Å²) in [6.45, 7) is 0. The summed E-state index contributed by atoms with van der Waals surface area (Å²) in [5.41, 5.74) is 1.83. The molecule has 5 aromatic rings. The fourth-order valence-corrected chi connectivity index (χ4v) is 4.66. The first-order valence-electron chi connectivity index (χ1n) is 10.7. The lowest BCUT2D eigenvalue weighted by atomic mass is 9.89. The average Bonchev–Trinajstić information content (AvgIpc) is 3.18. The second kappa shape index (κ2) is 8.35. The van der Waals surface area contributed by atoms with Crippen molar-refractivity contribution in [1.82, 2.24) is 0 Å². The molecule has 7 nitrogen and oxygen atoms in total. The number of hydrogen-bond donors (Lipinski definition) is 2. The first-order valence-corrected chi connectivity index (χ1v) is 10.7. The second-order valence-corrected chi connectivity index (χ2v) is 8.15. The van der Waals surface area contributed by atoms with Crippen LogP contribution in [0.4, 0.5) is 0 Å². The van der Waals surface area contributed by atoms with Gasteiger partial charge in [-0.25, -0.2) is 9.59 Å². The maximum atomic E-state index is 13.3. The summed E-state index contributed by atoms with van der Waals surface area (Å²) in [6.07, 6.45) is 0. The zero-order valence-corrected chi connectivity index (χ0v) is 18.4. The third-order valence-electron chi connectivity index (χ3n) is 6.22. The summed E-state index contributed by atoms with van der Waals surface area (Å²) in [5.74, 6) is -2.18. The summed E-state index contributed by atoms with van der Waals surface area (Å²) in [5, 5.41) is 39.8. The van der Waals surface area contributed by atoms with E-state index in [2.05, 4.69) is 0 Å². The first kappa shape index (κ1) is 22.3. The number of rotatable bonds is 4. The smallest absolute Gasteiger partial charge is 0.335 e. The Kier molecular flexibility index (Phi) is 5.17. The van der Waals surface area contributed by atoms with Gasteiger partial charge in [-0.2, -0.15) is 10.5 Å². The molecule has 0 saturated carbocycles. The number of aromatic carboxylic acids is 2. The lowest BCUT2D eigenvalue weighted by Crippen LogP contribution is -2.21. The summed E-state index contributed by atoms with van der Waals surface area (Å²) in [7, 11) is 0. The van der Waals surface area contributed by atoms with Crippen molar-refractivity contribution in [1.29, 1.82) is 10.5 Å². The molecule has 0 radical (unpaired) electrons. The highest BCUT2D eigenvalue weighted by atomic mass is 16.4. The molecule has 0 bridgehead atoms. The topological polar surface area (TPSA) is 139 Å². The van der Waals surface area contributed by atoms with Gasteiger partial charge in [-0.3, -0.25) is 4.79 Å². The van der Waals surface area contributed by atoms with Crippen LogP contribution in [0.2, 0.25) is 0 Å². The molecule has 0 aliphatic rings. The summed E-state index contributed by atoms with van der Waals surface area (Å²) in [4.78, 5) is 36.5. The summed E-state index contributed by atoms with van der Waals surface area (Å²) < 4.78 is 0. The predicted octanol–water partition coefficient (Wildman–Crippen LogP) is 4.44. The van der Waals surface area contributed by atoms with Crippen LogP contribution in [0.5, 0.6) is 0 Å². The molecule has 0 unspecified atom stereocenters. The first-order chi connectivity index (χ1) is 17.3. The van der Waals surface area contributed by atoms with Gasteiger partial charge < -0.3 is 10.2 Å². The molecular weight excluding hydrogens is 456 g/mol. The summed E-state index contributed by atoms with van der Waals surface area (Å²) in [6, 6.07) is 23.0. The van der Waals surface area contributed by atoms with Crippen LogP contribution in [0.1, 0.15) is 20.7 Å². The van der Waals surface area contributed by atoms with Crippen LogP contribution in [-0.2, 0) is 0 Å². The second-order valence-electron chi connectivity index (χ2n) is 8.15. The van der Waals surface area contributed by atoms with Gasteiger partial charge in [0.05, 0.1) is 16.3 Å². The molecular formula is C29H14N2O5. The van der Waals surface area contributed by atoms with Crippen molar-refractivity contribution in [3.05, 3.63) is 99.4 Å². The van der Waals surface area contributed by atoms with Crippen LogP contribution >= 0.6 is 0 Å². The van der Waals surface area contributed by atoms with E-state index in [1.165, 1.54) is 24.3 Å². The minimum absolute atomic E-state index is 0.0160. The van der Waals surface area contributed by atoms with Gasteiger partial charge >= 0.3 is 11.9 Å². The highest BCUT2D eigenvalue weighted by molar-refractivity contribution is 6.22. The molecule has 170 valence electrons. The highest BCUT2D eigenvalue weighted by Gasteiger charge is 2.21. The Morgan fingerprint density at radius 2 is 1.17 bits per heavy atom. The molecule has 0 aliphatic heterocycles. The Bertz CT molecular complexity index is 1860. The number of carboxylic acids is 2. The van der Waals surface area contributed by atoms with Crippen LogP contribution < -0.4 is 10.6 Å². The SMILES string of the molecule is N#CC(C#N)=c1c(=O)c2ccc(-c3cccc(C(=O)O)c3)c3c(-c4cccc(C(=O)O)c4)ccc1c32. The van der Waals surface area contributed by atoms with Gasteiger partial charge in [0.15, 0.2) is 5.43 Å². The van der Waals surface area contributed by atoms with Gasteiger partial charge in [0.25, 0.3) is 0 Å². The van der Waals surface area contributed by atoms with Crippen molar-refractivity contribution < 1.29 is 19.8 Å².